The molecule has 33 heavy (non-hydrogen) atoms. The molecule has 0 aliphatic heterocycles. The minimum Gasteiger partial charge on any atom is -0.357 e. The van der Waals surface area contributed by atoms with Crippen LogP contribution in [-0.2, 0) is 6.18 Å². The maximum Gasteiger partial charge on any atom is 0.417 e. The summed E-state index contributed by atoms with van der Waals surface area (Å²) in [5.74, 6) is 0.489. The zero-order valence-corrected chi connectivity index (χ0v) is 18.2. The number of pyridine rings is 2. The van der Waals surface area contributed by atoms with Gasteiger partial charge >= 0.3 is 6.18 Å². The first-order valence-electron chi connectivity index (χ1n) is 10.6. The molecule has 0 unspecified atom stereocenters. The summed E-state index contributed by atoms with van der Waals surface area (Å²) in [6, 6.07) is 20.2. The third-order valence-corrected chi connectivity index (χ3v) is 5.41. The number of nitrogens with one attached hydrogen (secondary N) is 1. The molecule has 0 atom stereocenters. The quantitative estimate of drug-likeness (QED) is 0.390. The van der Waals surface area contributed by atoms with Crippen molar-refractivity contribution in [2.75, 3.05) is 23.3 Å². The van der Waals surface area contributed by atoms with Crippen LogP contribution < -0.4 is 15.6 Å². The number of rotatable bonds is 6. The average Bonchev–Trinajstić information content (AvgIpc) is 2.80. The Morgan fingerprint density at radius 1 is 0.939 bits per heavy atom. The zero-order valence-electron chi connectivity index (χ0n) is 18.2. The van der Waals surface area contributed by atoms with Crippen LogP contribution in [0.3, 0.4) is 0 Å². The fourth-order valence-corrected chi connectivity index (χ4v) is 3.83. The van der Waals surface area contributed by atoms with Crippen LogP contribution in [0.5, 0.6) is 0 Å². The molecule has 1 N–H and O–H groups in total. The van der Waals surface area contributed by atoms with Gasteiger partial charge in [0.2, 0.25) is 0 Å². The van der Waals surface area contributed by atoms with Crippen molar-refractivity contribution in [2.45, 2.75) is 20.0 Å². The number of hydrogen-bond acceptors (Lipinski definition) is 4. The zero-order chi connectivity index (χ0) is 23.6. The van der Waals surface area contributed by atoms with Gasteiger partial charge in [0.1, 0.15) is 11.6 Å². The van der Waals surface area contributed by atoms with E-state index in [0.29, 0.717) is 30.3 Å². The van der Waals surface area contributed by atoms with E-state index in [1.807, 2.05) is 50.2 Å². The lowest BCUT2D eigenvalue weighted by atomic mass is 10.1. The summed E-state index contributed by atoms with van der Waals surface area (Å²) in [5, 5.41) is 2.71. The van der Waals surface area contributed by atoms with Crippen molar-refractivity contribution in [3.8, 4) is 5.69 Å². The summed E-state index contributed by atoms with van der Waals surface area (Å²) < 4.78 is 43.9. The van der Waals surface area contributed by atoms with Crippen LogP contribution in [0.1, 0.15) is 19.4 Å². The molecule has 170 valence electrons. The Kier molecular flexibility index (Phi) is 6.09. The van der Waals surface area contributed by atoms with Crippen molar-refractivity contribution in [2.24, 2.45) is 0 Å². The van der Waals surface area contributed by atoms with Crippen molar-refractivity contribution in [1.82, 2.24) is 9.55 Å². The molecule has 0 aliphatic rings. The molecule has 0 aliphatic carbocycles. The second-order valence-corrected chi connectivity index (χ2v) is 7.45. The normalized spacial score (nSPS) is 11.5. The van der Waals surface area contributed by atoms with Crippen LogP contribution in [0.25, 0.3) is 16.7 Å². The third-order valence-electron chi connectivity index (χ3n) is 5.41. The van der Waals surface area contributed by atoms with Gasteiger partial charge in [0, 0.05) is 30.5 Å². The summed E-state index contributed by atoms with van der Waals surface area (Å²) in [6.07, 6.45) is -4.72. The number of benzene rings is 2. The summed E-state index contributed by atoms with van der Waals surface area (Å²) in [7, 11) is 0. The lowest BCUT2D eigenvalue weighted by Gasteiger charge is -2.24. The Balaban J connectivity index is 2.12. The Labute approximate surface area is 189 Å². The molecule has 4 aromatic rings. The maximum absolute atomic E-state index is 14.1. The molecular formula is C25H23F3N4O. The Bertz CT molecular complexity index is 1320. The predicted molar refractivity (Wildman–Crippen MR) is 126 cm³/mol. The van der Waals surface area contributed by atoms with Gasteiger partial charge in [0.05, 0.1) is 10.9 Å². The molecule has 0 saturated carbocycles. The van der Waals surface area contributed by atoms with Gasteiger partial charge in [0.25, 0.3) is 0 Å². The van der Waals surface area contributed by atoms with Crippen molar-refractivity contribution < 1.29 is 13.2 Å². The van der Waals surface area contributed by atoms with Crippen molar-refractivity contribution in [3.63, 3.8) is 0 Å². The van der Waals surface area contributed by atoms with Crippen LogP contribution in [0.2, 0.25) is 0 Å². The highest BCUT2D eigenvalue weighted by molar-refractivity contribution is 5.86. The summed E-state index contributed by atoms with van der Waals surface area (Å²) >= 11 is 0. The predicted octanol–water partition coefficient (Wildman–Crippen LogP) is 5.99. The summed E-state index contributed by atoms with van der Waals surface area (Å²) in [6.45, 7) is 4.65. The number of anilines is 3. The molecule has 0 fully saturated rings. The second-order valence-electron chi connectivity index (χ2n) is 7.45. The van der Waals surface area contributed by atoms with E-state index in [0.717, 1.165) is 6.07 Å². The molecule has 2 aromatic carbocycles. The average molecular weight is 452 g/mol. The smallest absolute Gasteiger partial charge is 0.357 e. The molecule has 0 saturated heterocycles. The SMILES string of the molecule is CCN(CC)c1cc(C(F)(F)F)c2c(=O)cc(Nc3ccccc3)n(-c3ccccc3)c2n1. The topological polar surface area (TPSA) is 50.2 Å². The van der Waals surface area contributed by atoms with E-state index in [1.165, 1.54) is 6.07 Å². The van der Waals surface area contributed by atoms with Crippen LogP contribution in [0.4, 0.5) is 30.5 Å². The molecule has 2 aromatic heterocycles. The number of fused-ring (bicyclic) bond motifs is 1. The van der Waals surface area contributed by atoms with Crippen molar-refractivity contribution in [1.29, 1.82) is 0 Å². The number of aromatic nitrogens is 2. The molecule has 0 bridgehead atoms. The van der Waals surface area contributed by atoms with Crippen LogP contribution in [0, 0.1) is 0 Å². The van der Waals surface area contributed by atoms with E-state index in [9.17, 15) is 18.0 Å². The van der Waals surface area contributed by atoms with E-state index >= 15 is 0 Å². The molecule has 4 rings (SSSR count). The molecule has 0 spiro atoms. The molecular weight excluding hydrogens is 429 g/mol. The number of hydrogen-bond donors (Lipinski definition) is 1. The molecule has 0 amide bonds. The highest BCUT2D eigenvalue weighted by atomic mass is 19.4. The molecule has 5 nitrogen and oxygen atoms in total. The first kappa shape index (κ1) is 22.4. The summed E-state index contributed by atoms with van der Waals surface area (Å²) in [4.78, 5) is 19.4. The number of alkyl halides is 3. The lowest BCUT2D eigenvalue weighted by Crippen LogP contribution is -2.25. The number of nitrogens with zero attached hydrogens (tertiary/aromatic N) is 3. The second kappa shape index (κ2) is 8.97. The Morgan fingerprint density at radius 3 is 2.12 bits per heavy atom. The van der Waals surface area contributed by atoms with Crippen molar-refractivity contribution >= 4 is 28.4 Å². The standard InChI is InChI=1S/C25H23F3N4O/c1-3-31(4-2)21-15-19(25(26,27)28)23-20(33)16-22(29-17-11-7-5-8-12-17)32(24(23)30-21)18-13-9-6-10-14-18/h5-16,29H,3-4H2,1-2H3. The van der Waals surface area contributed by atoms with E-state index in [2.05, 4.69) is 10.3 Å². The van der Waals surface area contributed by atoms with Gasteiger partial charge in [-0.15, -0.1) is 0 Å². The maximum atomic E-state index is 14.1. The fourth-order valence-electron chi connectivity index (χ4n) is 3.83. The van der Waals surface area contributed by atoms with Crippen molar-refractivity contribution in [3.05, 3.63) is 88.6 Å². The van der Waals surface area contributed by atoms with Crippen LogP contribution in [-0.4, -0.2) is 22.6 Å². The highest BCUT2D eigenvalue weighted by Gasteiger charge is 2.36. The molecule has 8 heteroatoms. The van der Waals surface area contributed by atoms with E-state index in [-0.39, 0.29) is 11.5 Å². The van der Waals surface area contributed by atoms with E-state index < -0.39 is 22.6 Å². The lowest BCUT2D eigenvalue weighted by molar-refractivity contribution is -0.136. The van der Waals surface area contributed by atoms with Gasteiger partial charge in [-0.25, -0.2) is 4.98 Å². The minimum absolute atomic E-state index is 0.0520. The first-order chi connectivity index (χ1) is 15.8. The molecule has 0 radical (unpaired) electrons. The third kappa shape index (κ3) is 4.41. The van der Waals surface area contributed by atoms with Gasteiger partial charge < -0.3 is 10.2 Å². The first-order valence-corrected chi connectivity index (χ1v) is 10.6. The highest BCUT2D eigenvalue weighted by Crippen LogP contribution is 2.37. The fraction of sp³-hybridized carbons (Fsp3) is 0.200. The van der Waals surface area contributed by atoms with Crippen LogP contribution >= 0.6 is 0 Å². The summed E-state index contributed by atoms with van der Waals surface area (Å²) in [5.41, 5.74) is -0.518. The van der Waals surface area contributed by atoms with Gasteiger partial charge in [-0.3, -0.25) is 9.36 Å². The number of halogens is 3. The van der Waals surface area contributed by atoms with Gasteiger partial charge in [-0.05, 0) is 44.2 Å². The number of para-hydroxylation sites is 2. The van der Waals surface area contributed by atoms with Crippen LogP contribution in [0.15, 0.2) is 77.6 Å². The largest absolute Gasteiger partial charge is 0.417 e. The minimum atomic E-state index is -4.72. The monoisotopic (exact) mass is 452 g/mol. The van der Waals surface area contributed by atoms with E-state index in [4.69, 9.17) is 0 Å². The Hall–Kier alpha value is -3.81. The van der Waals surface area contributed by atoms with Gasteiger partial charge in [-0.1, -0.05) is 36.4 Å². The van der Waals surface area contributed by atoms with Gasteiger partial charge in [0.15, 0.2) is 11.1 Å². The Morgan fingerprint density at radius 2 is 1.55 bits per heavy atom. The molecule has 2 heterocycles. The van der Waals surface area contributed by atoms with Gasteiger partial charge in [-0.2, -0.15) is 13.2 Å². The van der Waals surface area contributed by atoms with E-state index in [1.54, 1.807) is 33.7 Å².